The molecule has 1 aromatic heterocycles. The number of rotatable bonds is 8. The van der Waals surface area contributed by atoms with E-state index in [1.807, 2.05) is 59.2 Å². The van der Waals surface area contributed by atoms with Gasteiger partial charge in [0.2, 0.25) is 5.91 Å². The first-order valence-electron chi connectivity index (χ1n) is 10.4. The number of benzene rings is 3. The minimum Gasteiger partial charge on any atom is -0.325 e. The number of carbonyl (C=O) groups excluding carboxylic acids is 1. The van der Waals surface area contributed by atoms with Crippen LogP contribution in [0.2, 0.25) is 0 Å². The van der Waals surface area contributed by atoms with Gasteiger partial charge >= 0.3 is 0 Å². The van der Waals surface area contributed by atoms with Gasteiger partial charge in [-0.3, -0.25) is 9.36 Å². The van der Waals surface area contributed by atoms with Crippen LogP contribution in [0, 0.1) is 5.82 Å². The number of aromatic nitrogens is 3. The second-order valence-electron chi connectivity index (χ2n) is 7.22. The summed E-state index contributed by atoms with van der Waals surface area (Å²) in [4.78, 5) is 12.6. The first kappa shape index (κ1) is 21.8. The summed E-state index contributed by atoms with van der Waals surface area (Å²) in [5.74, 6) is 0.480. The fourth-order valence-corrected chi connectivity index (χ4v) is 4.17. The van der Waals surface area contributed by atoms with Gasteiger partial charge in [0.15, 0.2) is 5.16 Å². The van der Waals surface area contributed by atoms with Crippen LogP contribution in [-0.4, -0.2) is 26.4 Å². The number of hydrogen-bond acceptors (Lipinski definition) is 4. The first-order valence-corrected chi connectivity index (χ1v) is 11.4. The fraction of sp³-hybridized carbons (Fsp3) is 0.160. The number of amides is 1. The van der Waals surface area contributed by atoms with Crippen LogP contribution in [0.3, 0.4) is 0 Å². The Labute approximate surface area is 190 Å². The zero-order valence-corrected chi connectivity index (χ0v) is 18.5. The van der Waals surface area contributed by atoms with Gasteiger partial charge in [-0.15, -0.1) is 10.2 Å². The highest BCUT2D eigenvalue weighted by molar-refractivity contribution is 7.99. The van der Waals surface area contributed by atoms with E-state index in [0.717, 1.165) is 34.7 Å². The Morgan fingerprint density at radius 1 is 0.969 bits per heavy atom. The van der Waals surface area contributed by atoms with Gasteiger partial charge in [0.05, 0.1) is 5.75 Å². The van der Waals surface area contributed by atoms with Crippen molar-refractivity contribution in [2.75, 3.05) is 11.1 Å². The quantitative estimate of drug-likeness (QED) is 0.374. The normalized spacial score (nSPS) is 10.8. The second-order valence-corrected chi connectivity index (χ2v) is 8.16. The largest absolute Gasteiger partial charge is 0.325 e. The Morgan fingerprint density at radius 2 is 1.69 bits per heavy atom. The molecule has 0 saturated carbocycles. The summed E-state index contributed by atoms with van der Waals surface area (Å²) in [6.45, 7) is 2.05. The molecule has 0 bridgehead atoms. The third-order valence-electron chi connectivity index (χ3n) is 4.99. The van der Waals surface area contributed by atoms with E-state index in [1.54, 1.807) is 12.1 Å². The predicted octanol–water partition coefficient (Wildman–Crippen LogP) is 5.29. The molecule has 7 heteroatoms. The molecule has 0 unspecified atom stereocenters. The summed E-state index contributed by atoms with van der Waals surface area (Å²) in [6.07, 6.45) is 1.41. The van der Waals surface area contributed by atoms with Gasteiger partial charge in [-0.05, 0) is 47.9 Å². The molecule has 5 nitrogen and oxygen atoms in total. The Bertz CT molecular complexity index is 1190. The predicted molar refractivity (Wildman–Crippen MR) is 126 cm³/mol. The maximum absolute atomic E-state index is 13.5. The highest BCUT2D eigenvalue weighted by Gasteiger charge is 2.17. The van der Waals surface area contributed by atoms with Crippen LogP contribution in [0.25, 0.3) is 5.69 Å². The zero-order valence-electron chi connectivity index (χ0n) is 17.7. The summed E-state index contributed by atoms with van der Waals surface area (Å²) in [5.41, 5.74) is 3.76. The number of thioether (sulfide) groups is 1. The van der Waals surface area contributed by atoms with Crippen molar-refractivity contribution in [1.82, 2.24) is 14.8 Å². The van der Waals surface area contributed by atoms with Crippen LogP contribution in [0.15, 0.2) is 84.0 Å². The summed E-state index contributed by atoms with van der Waals surface area (Å²) < 4.78 is 15.4. The maximum atomic E-state index is 13.5. The van der Waals surface area contributed by atoms with Gasteiger partial charge in [0, 0.05) is 17.8 Å². The van der Waals surface area contributed by atoms with Crippen molar-refractivity contribution < 1.29 is 9.18 Å². The number of anilines is 1. The lowest BCUT2D eigenvalue weighted by Gasteiger charge is -2.11. The van der Waals surface area contributed by atoms with E-state index in [-0.39, 0.29) is 17.5 Å². The SMILES string of the molecule is CCc1ccccc1NC(=O)CSc1nnc(Cc2ccccc2)n1-c1ccc(F)cc1. The fourth-order valence-electron chi connectivity index (χ4n) is 3.40. The van der Waals surface area contributed by atoms with Gasteiger partial charge in [-0.2, -0.15) is 0 Å². The molecule has 1 amide bonds. The molecular formula is C25H23FN4OS. The molecule has 0 fully saturated rings. The third-order valence-corrected chi connectivity index (χ3v) is 5.92. The van der Waals surface area contributed by atoms with Crippen molar-refractivity contribution in [3.05, 3.63) is 102 Å². The number of halogens is 1. The Hall–Kier alpha value is -3.45. The number of nitrogens with zero attached hydrogens (tertiary/aromatic N) is 3. The topological polar surface area (TPSA) is 59.8 Å². The molecule has 4 rings (SSSR count). The Balaban J connectivity index is 1.55. The van der Waals surface area contributed by atoms with Crippen LogP contribution in [0.5, 0.6) is 0 Å². The van der Waals surface area contributed by atoms with Gasteiger partial charge < -0.3 is 5.32 Å². The summed E-state index contributed by atoms with van der Waals surface area (Å²) in [6, 6.07) is 23.9. The summed E-state index contributed by atoms with van der Waals surface area (Å²) in [5, 5.41) is 12.3. The van der Waals surface area contributed by atoms with Crippen LogP contribution in [0.4, 0.5) is 10.1 Å². The number of para-hydroxylation sites is 1. The smallest absolute Gasteiger partial charge is 0.234 e. The van der Waals surface area contributed by atoms with E-state index < -0.39 is 0 Å². The average molecular weight is 447 g/mol. The number of nitrogens with one attached hydrogen (secondary N) is 1. The molecule has 1 N–H and O–H groups in total. The van der Waals surface area contributed by atoms with E-state index in [9.17, 15) is 9.18 Å². The molecule has 0 radical (unpaired) electrons. The molecule has 1 heterocycles. The molecule has 4 aromatic rings. The van der Waals surface area contributed by atoms with Crippen molar-refractivity contribution in [2.45, 2.75) is 24.9 Å². The van der Waals surface area contributed by atoms with Crippen molar-refractivity contribution in [3.8, 4) is 5.69 Å². The molecule has 0 spiro atoms. The molecule has 0 aliphatic rings. The van der Waals surface area contributed by atoms with Crippen molar-refractivity contribution in [2.24, 2.45) is 0 Å². The third kappa shape index (κ3) is 5.23. The highest BCUT2D eigenvalue weighted by Crippen LogP contribution is 2.24. The van der Waals surface area contributed by atoms with Crippen LogP contribution < -0.4 is 5.32 Å². The summed E-state index contributed by atoms with van der Waals surface area (Å²) in [7, 11) is 0. The molecule has 0 saturated heterocycles. The maximum Gasteiger partial charge on any atom is 0.234 e. The van der Waals surface area contributed by atoms with Crippen LogP contribution in [0.1, 0.15) is 23.9 Å². The second kappa shape index (κ2) is 10.2. The lowest BCUT2D eigenvalue weighted by Crippen LogP contribution is -2.15. The molecule has 32 heavy (non-hydrogen) atoms. The zero-order chi connectivity index (χ0) is 22.3. The molecule has 3 aromatic carbocycles. The van der Waals surface area contributed by atoms with E-state index in [0.29, 0.717) is 11.6 Å². The van der Waals surface area contributed by atoms with Crippen molar-refractivity contribution in [1.29, 1.82) is 0 Å². The van der Waals surface area contributed by atoms with Gasteiger partial charge in [-0.1, -0.05) is 67.2 Å². The summed E-state index contributed by atoms with van der Waals surface area (Å²) >= 11 is 1.30. The van der Waals surface area contributed by atoms with E-state index in [2.05, 4.69) is 22.4 Å². The lowest BCUT2D eigenvalue weighted by atomic mass is 10.1. The molecule has 0 aliphatic carbocycles. The molecular weight excluding hydrogens is 423 g/mol. The van der Waals surface area contributed by atoms with E-state index in [1.165, 1.54) is 23.9 Å². The molecule has 0 aliphatic heterocycles. The van der Waals surface area contributed by atoms with Crippen molar-refractivity contribution >= 4 is 23.4 Å². The number of hydrogen-bond donors (Lipinski definition) is 1. The minimum absolute atomic E-state index is 0.117. The van der Waals surface area contributed by atoms with E-state index >= 15 is 0 Å². The Morgan fingerprint density at radius 3 is 2.44 bits per heavy atom. The van der Waals surface area contributed by atoms with Crippen LogP contribution in [-0.2, 0) is 17.6 Å². The monoisotopic (exact) mass is 446 g/mol. The lowest BCUT2D eigenvalue weighted by molar-refractivity contribution is -0.113. The average Bonchev–Trinajstić information content (AvgIpc) is 3.21. The van der Waals surface area contributed by atoms with Crippen molar-refractivity contribution in [3.63, 3.8) is 0 Å². The number of aryl methyl sites for hydroxylation is 1. The van der Waals surface area contributed by atoms with Gasteiger partial charge in [0.1, 0.15) is 11.6 Å². The van der Waals surface area contributed by atoms with E-state index in [4.69, 9.17) is 0 Å². The molecule has 0 atom stereocenters. The van der Waals surface area contributed by atoms with Crippen LogP contribution >= 0.6 is 11.8 Å². The number of carbonyl (C=O) groups is 1. The van der Waals surface area contributed by atoms with Gasteiger partial charge in [0.25, 0.3) is 0 Å². The highest BCUT2D eigenvalue weighted by atomic mass is 32.2. The molecule has 162 valence electrons. The van der Waals surface area contributed by atoms with Gasteiger partial charge in [-0.25, -0.2) is 4.39 Å². The Kier molecular flexibility index (Phi) is 6.97. The first-order chi connectivity index (χ1) is 15.6. The standard InChI is InChI=1S/C25H23FN4OS/c1-2-19-10-6-7-11-22(19)27-24(31)17-32-25-29-28-23(16-18-8-4-3-5-9-18)30(25)21-14-12-20(26)13-15-21/h3-15H,2,16-17H2,1H3,(H,27,31). The minimum atomic E-state index is -0.311.